The standard InChI is InChI=1S/C5H9BN/c1-3-6-5(1)2-4-7-5/h7H,1-4H2. The van der Waals surface area contributed by atoms with Crippen LogP contribution < -0.4 is 5.32 Å². The second-order valence-electron chi connectivity index (χ2n) is 2.58. The summed E-state index contributed by atoms with van der Waals surface area (Å²) in [6.45, 7) is 1.25. The molecule has 2 heteroatoms. The smallest absolute Gasteiger partial charge is 0.137 e. The monoisotopic (exact) mass is 94.1 g/mol. The van der Waals surface area contributed by atoms with Crippen LogP contribution in [0.15, 0.2) is 0 Å². The summed E-state index contributed by atoms with van der Waals surface area (Å²) >= 11 is 0. The van der Waals surface area contributed by atoms with Crippen LogP contribution in [0.25, 0.3) is 0 Å². The van der Waals surface area contributed by atoms with Crippen molar-refractivity contribution in [2.75, 3.05) is 6.54 Å². The fourth-order valence-electron chi connectivity index (χ4n) is 1.33. The molecule has 0 bridgehead atoms. The molecule has 2 aliphatic heterocycles. The third-order valence-corrected chi connectivity index (χ3v) is 2.17. The number of hydrogen-bond acceptors (Lipinski definition) is 1. The third kappa shape index (κ3) is 0.380. The average molecular weight is 93.9 g/mol. The van der Waals surface area contributed by atoms with Crippen LogP contribution in [0.3, 0.4) is 0 Å². The van der Waals surface area contributed by atoms with E-state index in [0.717, 1.165) is 0 Å². The average Bonchev–Trinajstić information content (AvgIpc) is 1.20. The molecule has 0 saturated carbocycles. The van der Waals surface area contributed by atoms with Gasteiger partial charge in [-0.25, -0.2) is 0 Å². The van der Waals surface area contributed by atoms with Crippen molar-refractivity contribution in [3.63, 3.8) is 0 Å². The van der Waals surface area contributed by atoms with E-state index in [1.54, 1.807) is 0 Å². The maximum atomic E-state index is 3.40. The summed E-state index contributed by atoms with van der Waals surface area (Å²) in [5.74, 6) is 0. The quantitative estimate of drug-likeness (QED) is 0.423. The van der Waals surface area contributed by atoms with Crippen molar-refractivity contribution in [2.45, 2.75) is 24.6 Å². The first-order valence-electron chi connectivity index (χ1n) is 3.01. The van der Waals surface area contributed by atoms with Gasteiger partial charge in [0.05, 0.1) is 0 Å². The second kappa shape index (κ2) is 1.05. The summed E-state index contributed by atoms with van der Waals surface area (Å²) in [6, 6.07) is 0. The fraction of sp³-hybridized carbons (Fsp3) is 1.00. The van der Waals surface area contributed by atoms with Crippen LogP contribution in [0.2, 0.25) is 6.32 Å². The number of hydrogen-bond donors (Lipinski definition) is 1. The zero-order valence-electron chi connectivity index (χ0n) is 4.41. The maximum absolute atomic E-state index is 3.40. The van der Waals surface area contributed by atoms with Crippen molar-refractivity contribution >= 4 is 7.28 Å². The van der Waals surface area contributed by atoms with Crippen molar-refractivity contribution in [1.29, 1.82) is 0 Å². The lowest BCUT2D eigenvalue weighted by Crippen LogP contribution is -2.66. The van der Waals surface area contributed by atoms with E-state index in [-0.39, 0.29) is 0 Å². The van der Waals surface area contributed by atoms with Gasteiger partial charge in [-0.1, -0.05) is 6.32 Å². The zero-order chi connectivity index (χ0) is 4.74. The van der Waals surface area contributed by atoms with Gasteiger partial charge in [0.15, 0.2) is 0 Å². The van der Waals surface area contributed by atoms with Crippen molar-refractivity contribution < 1.29 is 0 Å². The molecule has 7 heavy (non-hydrogen) atoms. The van der Waals surface area contributed by atoms with Crippen LogP contribution in [0.1, 0.15) is 12.8 Å². The molecule has 37 valence electrons. The van der Waals surface area contributed by atoms with E-state index in [4.69, 9.17) is 0 Å². The lowest BCUT2D eigenvalue weighted by molar-refractivity contribution is 0.274. The number of rotatable bonds is 0. The Kier molecular flexibility index (Phi) is 0.595. The normalized spacial score (nSPS) is 46.9. The predicted octanol–water partition coefficient (Wildman–Crippen LogP) is 0.202. The summed E-state index contributed by atoms with van der Waals surface area (Å²) < 4.78 is 0. The molecule has 0 amide bonds. The fourth-order valence-corrected chi connectivity index (χ4v) is 1.33. The summed E-state index contributed by atoms with van der Waals surface area (Å²) in [5, 5.41) is 3.40. The molecule has 1 unspecified atom stereocenters. The Morgan fingerprint density at radius 1 is 1.43 bits per heavy atom. The van der Waals surface area contributed by atoms with Gasteiger partial charge >= 0.3 is 0 Å². The van der Waals surface area contributed by atoms with Crippen LogP contribution in [0.5, 0.6) is 0 Å². The van der Waals surface area contributed by atoms with E-state index in [0.29, 0.717) is 5.44 Å². The Hall–Kier alpha value is 0.0249. The molecular weight excluding hydrogens is 84.9 g/mol. The van der Waals surface area contributed by atoms with E-state index in [2.05, 4.69) is 12.6 Å². The minimum atomic E-state index is 0.569. The number of nitrogens with one attached hydrogen (secondary N) is 1. The van der Waals surface area contributed by atoms with Gasteiger partial charge in [-0.15, -0.1) is 0 Å². The maximum Gasteiger partial charge on any atom is 0.137 e. The van der Waals surface area contributed by atoms with Crippen molar-refractivity contribution in [1.82, 2.24) is 5.32 Å². The van der Waals surface area contributed by atoms with E-state index >= 15 is 0 Å². The Morgan fingerprint density at radius 2 is 2.14 bits per heavy atom. The minimum absolute atomic E-state index is 0.569. The van der Waals surface area contributed by atoms with E-state index < -0.39 is 0 Å². The lowest BCUT2D eigenvalue weighted by atomic mass is 9.39. The third-order valence-electron chi connectivity index (χ3n) is 2.17. The van der Waals surface area contributed by atoms with Gasteiger partial charge in [0.1, 0.15) is 7.28 Å². The largest absolute Gasteiger partial charge is 0.319 e. The predicted molar refractivity (Wildman–Crippen MR) is 30.5 cm³/mol. The molecule has 2 saturated heterocycles. The molecule has 2 fully saturated rings. The highest BCUT2D eigenvalue weighted by molar-refractivity contribution is 6.44. The van der Waals surface area contributed by atoms with Crippen LogP contribution in [0.4, 0.5) is 0 Å². The van der Waals surface area contributed by atoms with E-state index in [9.17, 15) is 0 Å². The van der Waals surface area contributed by atoms with Crippen LogP contribution in [0, 0.1) is 0 Å². The topological polar surface area (TPSA) is 12.0 Å². The molecule has 2 heterocycles. The van der Waals surface area contributed by atoms with Gasteiger partial charge in [-0.3, -0.25) is 0 Å². The van der Waals surface area contributed by atoms with Crippen LogP contribution >= 0.6 is 0 Å². The molecule has 2 aliphatic rings. The molecule has 0 aromatic rings. The lowest BCUT2D eigenvalue weighted by Gasteiger charge is -2.50. The van der Waals surface area contributed by atoms with Gasteiger partial charge in [0, 0.05) is 0 Å². The molecule has 1 spiro atoms. The Labute approximate surface area is 44.7 Å². The molecule has 0 aromatic heterocycles. The first-order chi connectivity index (χ1) is 3.41. The summed E-state index contributed by atoms with van der Waals surface area (Å²) in [5.41, 5.74) is 0.569. The summed E-state index contributed by atoms with van der Waals surface area (Å²) in [7, 11) is 2.40. The van der Waals surface area contributed by atoms with Crippen molar-refractivity contribution in [3.8, 4) is 0 Å². The molecule has 1 radical (unpaired) electrons. The molecular formula is C5H9BN. The molecule has 1 N–H and O–H groups in total. The molecule has 1 nitrogen and oxygen atoms in total. The Morgan fingerprint density at radius 3 is 2.14 bits per heavy atom. The SMILES string of the molecule is [B]1CCC12CCN2. The van der Waals surface area contributed by atoms with Gasteiger partial charge in [-0.05, 0) is 24.8 Å². The molecule has 0 aromatic carbocycles. The van der Waals surface area contributed by atoms with Gasteiger partial charge in [-0.2, -0.15) is 0 Å². The van der Waals surface area contributed by atoms with Crippen molar-refractivity contribution in [2.24, 2.45) is 0 Å². The molecule has 0 aliphatic carbocycles. The first-order valence-corrected chi connectivity index (χ1v) is 3.01. The molecule has 2 rings (SSSR count). The summed E-state index contributed by atoms with van der Waals surface area (Å²) in [4.78, 5) is 0. The Balaban J connectivity index is 2.00. The minimum Gasteiger partial charge on any atom is -0.319 e. The second-order valence-corrected chi connectivity index (χ2v) is 2.58. The van der Waals surface area contributed by atoms with E-state index in [1.165, 1.54) is 25.7 Å². The van der Waals surface area contributed by atoms with Crippen LogP contribution in [-0.2, 0) is 0 Å². The van der Waals surface area contributed by atoms with Crippen molar-refractivity contribution in [3.05, 3.63) is 0 Å². The summed E-state index contributed by atoms with van der Waals surface area (Å²) in [6.07, 6.45) is 4.13. The zero-order valence-corrected chi connectivity index (χ0v) is 4.41. The van der Waals surface area contributed by atoms with Gasteiger partial charge in [0.25, 0.3) is 0 Å². The van der Waals surface area contributed by atoms with Crippen LogP contribution in [-0.4, -0.2) is 19.3 Å². The van der Waals surface area contributed by atoms with Gasteiger partial charge in [0.2, 0.25) is 0 Å². The highest BCUT2D eigenvalue weighted by Crippen LogP contribution is 2.32. The molecule has 1 atom stereocenters. The van der Waals surface area contributed by atoms with E-state index in [1.807, 2.05) is 0 Å². The van der Waals surface area contributed by atoms with Gasteiger partial charge < -0.3 is 5.32 Å². The highest BCUT2D eigenvalue weighted by Gasteiger charge is 2.41. The Bertz CT molecular complexity index is 68.6. The highest BCUT2D eigenvalue weighted by atomic mass is 15.0. The first kappa shape index (κ1) is 3.96.